The summed E-state index contributed by atoms with van der Waals surface area (Å²) in [7, 11) is 0. The molecule has 2 fully saturated rings. The molecule has 1 aromatic carbocycles. The normalized spacial score (nSPS) is 21.0. The fourth-order valence-electron chi connectivity index (χ4n) is 4.93. The first-order chi connectivity index (χ1) is 17.1. The summed E-state index contributed by atoms with van der Waals surface area (Å²) in [4.78, 5) is 27.3. The molecule has 0 bridgehead atoms. The number of rotatable bonds is 4. The van der Waals surface area contributed by atoms with Crippen LogP contribution in [0, 0.1) is 0 Å². The summed E-state index contributed by atoms with van der Waals surface area (Å²) in [6, 6.07) is 7.01. The Morgan fingerprint density at radius 2 is 1.89 bits per heavy atom. The van der Waals surface area contributed by atoms with Crippen LogP contribution in [-0.4, -0.2) is 63.9 Å². The quantitative estimate of drug-likeness (QED) is 0.551. The van der Waals surface area contributed by atoms with Gasteiger partial charge in [0.25, 0.3) is 5.91 Å². The molecule has 4 heterocycles. The lowest BCUT2D eigenvalue weighted by Gasteiger charge is -2.35. The Hall–Kier alpha value is -3.18. The highest BCUT2D eigenvalue weighted by atomic mass is 19.4. The highest BCUT2D eigenvalue weighted by Crippen LogP contribution is 2.34. The number of aromatic nitrogens is 3. The van der Waals surface area contributed by atoms with Crippen molar-refractivity contribution < 1.29 is 27.4 Å². The van der Waals surface area contributed by atoms with E-state index < -0.39 is 6.36 Å². The van der Waals surface area contributed by atoms with Gasteiger partial charge in [0.15, 0.2) is 5.65 Å². The molecule has 192 valence electrons. The number of ether oxygens (including phenoxy) is 2. The van der Waals surface area contributed by atoms with Crippen LogP contribution in [-0.2, 0) is 4.74 Å². The molecular formula is C25H28F3N5O3. The molecule has 11 heteroatoms. The van der Waals surface area contributed by atoms with Crippen LogP contribution >= 0.6 is 0 Å². The number of likely N-dealkylation sites (tertiary alicyclic amines) is 1. The van der Waals surface area contributed by atoms with Crippen LogP contribution in [0.1, 0.15) is 60.5 Å². The molecular weight excluding hydrogens is 475 g/mol. The van der Waals surface area contributed by atoms with Crippen molar-refractivity contribution in [1.82, 2.24) is 25.2 Å². The van der Waals surface area contributed by atoms with Gasteiger partial charge in [-0.3, -0.25) is 4.79 Å². The van der Waals surface area contributed by atoms with Gasteiger partial charge in [-0.15, -0.1) is 13.2 Å². The van der Waals surface area contributed by atoms with Crippen molar-refractivity contribution in [2.45, 2.75) is 50.7 Å². The molecule has 0 spiro atoms. The highest BCUT2D eigenvalue weighted by Gasteiger charge is 2.33. The molecule has 8 nitrogen and oxygen atoms in total. The van der Waals surface area contributed by atoms with E-state index in [-0.39, 0.29) is 29.3 Å². The van der Waals surface area contributed by atoms with Crippen molar-refractivity contribution in [3.05, 3.63) is 53.5 Å². The Bertz CT molecular complexity index is 1230. The number of fused-ring (bicyclic) bond motifs is 1. The number of carbonyl (C=O) groups is 1. The molecule has 1 atom stereocenters. The summed E-state index contributed by atoms with van der Waals surface area (Å²) >= 11 is 0. The van der Waals surface area contributed by atoms with E-state index in [0.717, 1.165) is 48.4 Å². The lowest BCUT2D eigenvalue weighted by atomic mass is 9.89. The molecule has 2 aromatic heterocycles. The molecule has 2 aliphatic heterocycles. The Morgan fingerprint density at radius 1 is 1.17 bits per heavy atom. The van der Waals surface area contributed by atoms with Crippen LogP contribution in [0.25, 0.3) is 11.2 Å². The van der Waals surface area contributed by atoms with Crippen molar-refractivity contribution in [1.29, 1.82) is 0 Å². The number of aromatic amines is 1. The van der Waals surface area contributed by atoms with Crippen LogP contribution in [0.2, 0.25) is 0 Å². The van der Waals surface area contributed by atoms with Crippen molar-refractivity contribution in [3.8, 4) is 5.75 Å². The lowest BCUT2D eigenvalue weighted by Crippen LogP contribution is -2.47. The maximum absolute atomic E-state index is 12.9. The number of morpholine rings is 1. The van der Waals surface area contributed by atoms with Crippen molar-refractivity contribution >= 4 is 17.1 Å². The summed E-state index contributed by atoms with van der Waals surface area (Å²) < 4.78 is 47.2. The van der Waals surface area contributed by atoms with Crippen LogP contribution < -0.4 is 10.1 Å². The highest BCUT2D eigenvalue weighted by molar-refractivity contribution is 5.94. The van der Waals surface area contributed by atoms with Gasteiger partial charge in [-0.05, 0) is 68.5 Å². The Balaban J connectivity index is 1.26. The predicted octanol–water partition coefficient (Wildman–Crippen LogP) is 4.32. The van der Waals surface area contributed by atoms with Gasteiger partial charge in [-0.1, -0.05) is 0 Å². The van der Waals surface area contributed by atoms with Gasteiger partial charge in [0.05, 0.1) is 5.60 Å². The zero-order valence-electron chi connectivity index (χ0n) is 20.1. The number of alkyl halides is 3. The Labute approximate surface area is 206 Å². The molecule has 5 rings (SSSR count). The first-order valence-electron chi connectivity index (χ1n) is 12.0. The fourth-order valence-corrected chi connectivity index (χ4v) is 4.93. The molecule has 3 aromatic rings. The van der Waals surface area contributed by atoms with E-state index in [9.17, 15) is 18.0 Å². The number of imidazole rings is 1. The van der Waals surface area contributed by atoms with E-state index in [1.165, 1.54) is 12.1 Å². The number of H-pyrrole nitrogens is 1. The third-order valence-corrected chi connectivity index (χ3v) is 6.64. The van der Waals surface area contributed by atoms with Gasteiger partial charge in [0, 0.05) is 37.9 Å². The number of hydrogen-bond donors (Lipinski definition) is 2. The second-order valence-electron chi connectivity index (χ2n) is 9.86. The number of carbonyl (C=O) groups excluding carboxylic acids is 1. The average Bonchev–Trinajstić information content (AvgIpc) is 3.27. The molecule has 0 unspecified atom stereocenters. The van der Waals surface area contributed by atoms with E-state index in [2.05, 4.69) is 20.0 Å². The monoisotopic (exact) mass is 503 g/mol. The summed E-state index contributed by atoms with van der Waals surface area (Å²) in [5, 5.41) is 3.39. The number of halogens is 3. The van der Waals surface area contributed by atoms with Crippen LogP contribution in [0.15, 0.2) is 36.5 Å². The molecule has 0 radical (unpaired) electrons. The fraction of sp³-hybridized carbons (Fsp3) is 0.480. The number of amides is 1. The number of pyridine rings is 1. The number of hydrogen-bond acceptors (Lipinski definition) is 6. The van der Waals surface area contributed by atoms with Gasteiger partial charge in [0.2, 0.25) is 0 Å². The Kier molecular flexibility index (Phi) is 6.37. The van der Waals surface area contributed by atoms with Gasteiger partial charge in [0.1, 0.15) is 23.2 Å². The molecule has 0 saturated carbocycles. The third-order valence-electron chi connectivity index (χ3n) is 6.64. The first-order valence-corrected chi connectivity index (χ1v) is 12.0. The molecule has 0 aliphatic carbocycles. The zero-order valence-corrected chi connectivity index (χ0v) is 20.1. The van der Waals surface area contributed by atoms with E-state index >= 15 is 0 Å². The van der Waals surface area contributed by atoms with Crippen LogP contribution in [0.3, 0.4) is 0 Å². The predicted molar refractivity (Wildman–Crippen MR) is 126 cm³/mol. The van der Waals surface area contributed by atoms with Gasteiger partial charge in [-0.2, -0.15) is 0 Å². The average molecular weight is 504 g/mol. The van der Waals surface area contributed by atoms with Crippen LogP contribution in [0.5, 0.6) is 5.75 Å². The van der Waals surface area contributed by atoms with Gasteiger partial charge < -0.3 is 24.7 Å². The second kappa shape index (κ2) is 9.36. The summed E-state index contributed by atoms with van der Waals surface area (Å²) in [5.74, 6) is 0.394. The maximum atomic E-state index is 12.9. The summed E-state index contributed by atoms with van der Waals surface area (Å²) in [6.07, 6.45) is -1.69. The summed E-state index contributed by atoms with van der Waals surface area (Å²) in [5.41, 5.74) is 2.67. The second-order valence-corrected chi connectivity index (χ2v) is 9.86. The summed E-state index contributed by atoms with van der Waals surface area (Å²) in [6.45, 7) is 6.60. The SMILES string of the molecule is CC1(C)CNC[C@H](c2nc3c(C4CCN(C(=O)c5ccc(OC(F)(F)F)cc5)CC4)ccnc3[nH]2)O1. The van der Waals surface area contributed by atoms with Crippen molar-refractivity contribution in [2.24, 2.45) is 0 Å². The minimum Gasteiger partial charge on any atom is -0.406 e. The molecule has 36 heavy (non-hydrogen) atoms. The van der Waals surface area contributed by atoms with Crippen LogP contribution in [0.4, 0.5) is 13.2 Å². The van der Waals surface area contributed by atoms with E-state index in [0.29, 0.717) is 30.8 Å². The molecule has 2 N–H and O–H groups in total. The van der Waals surface area contributed by atoms with Crippen molar-refractivity contribution in [2.75, 3.05) is 26.2 Å². The standard InChI is InChI=1S/C25H28F3N5O3/c1-24(2)14-29-13-19(36-24)21-31-20-18(7-10-30-22(20)32-21)15-8-11-33(12-9-15)23(34)16-3-5-17(6-4-16)35-25(26,27)28/h3-7,10,15,19,29H,8-9,11-14H2,1-2H3,(H,30,31,32)/t19-/m1/s1. The smallest absolute Gasteiger partial charge is 0.406 e. The lowest BCUT2D eigenvalue weighted by molar-refractivity contribution is -0.274. The Morgan fingerprint density at radius 3 is 2.56 bits per heavy atom. The number of nitrogens with one attached hydrogen (secondary N) is 2. The van der Waals surface area contributed by atoms with E-state index in [4.69, 9.17) is 9.72 Å². The van der Waals surface area contributed by atoms with Gasteiger partial charge >= 0.3 is 6.36 Å². The third kappa shape index (κ3) is 5.31. The topological polar surface area (TPSA) is 92.4 Å². The maximum Gasteiger partial charge on any atom is 0.573 e. The first kappa shape index (κ1) is 24.5. The number of nitrogens with zero attached hydrogens (tertiary/aromatic N) is 3. The van der Waals surface area contributed by atoms with Gasteiger partial charge in [-0.25, -0.2) is 9.97 Å². The molecule has 1 amide bonds. The zero-order chi connectivity index (χ0) is 25.5. The minimum absolute atomic E-state index is 0.191. The number of piperidine rings is 1. The van der Waals surface area contributed by atoms with E-state index in [1.807, 2.05) is 19.9 Å². The molecule has 2 aliphatic rings. The largest absolute Gasteiger partial charge is 0.573 e. The van der Waals surface area contributed by atoms with E-state index in [1.54, 1.807) is 11.1 Å². The number of benzene rings is 1. The molecule has 2 saturated heterocycles. The van der Waals surface area contributed by atoms with Crippen molar-refractivity contribution in [3.63, 3.8) is 0 Å². The minimum atomic E-state index is -4.77.